The summed E-state index contributed by atoms with van der Waals surface area (Å²) < 4.78 is 47.9. The van der Waals surface area contributed by atoms with E-state index in [0.717, 1.165) is 6.26 Å². The Morgan fingerprint density at radius 3 is 2.53 bits per heavy atom. The van der Waals surface area contributed by atoms with Crippen LogP contribution in [0.2, 0.25) is 0 Å². The Bertz CT molecular complexity index is 575. The average molecular weight is 282 g/mol. The topological polar surface area (TPSA) is 124 Å². The van der Waals surface area contributed by atoms with Gasteiger partial charge in [0, 0.05) is 19.0 Å². The zero-order chi connectivity index (χ0) is 13.1. The summed E-state index contributed by atoms with van der Waals surface area (Å²) in [5.74, 6) is 0. The van der Waals surface area contributed by atoms with Crippen LogP contribution in [-0.2, 0) is 26.4 Å². The molecular formula is C7H14N4O4S2. The number of sulfone groups is 1. The second-order valence-corrected chi connectivity index (χ2v) is 7.90. The lowest BCUT2D eigenvalue weighted by atomic mass is 10.6. The first kappa shape index (κ1) is 13.9. The van der Waals surface area contributed by atoms with Crippen molar-refractivity contribution >= 4 is 25.5 Å². The van der Waals surface area contributed by atoms with Crippen LogP contribution in [0.1, 0.15) is 0 Å². The Hall–Kier alpha value is -1.13. The third-order valence-corrected chi connectivity index (χ3v) is 5.28. The maximum atomic E-state index is 11.3. The Labute approximate surface area is 99.8 Å². The van der Waals surface area contributed by atoms with E-state index < -0.39 is 24.9 Å². The molecule has 0 aliphatic heterocycles. The third-order valence-electron chi connectivity index (χ3n) is 1.69. The molecule has 1 aromatic rings. The minimum Gasteiger partial charge on any atom is -0.396 e. The van der Waals surface area contributed by atoms with Crippen LogP contribution < -0.4 is 10.5 Å². The third kappa shape index (κ3) is 5.65. The number of anilines is 1. The van der Waals surface area contributed by atoms with Gasteiger partial charge >= 0.3 is 0 Å². The van der Waals surface area contributed by atoms with Gasteiger partial charge < -0.3 is 5.73 Å². The number of nitrogens with two attached hydrogens (primary N) is 1. The van der Waals surface area contributed by atoms with E-state index in [1.807, 2.05) is 0 Å². The Kier molecular flexibility index (Phi) is 4.11. The van der Waals surface area contributed by atoms with Gasteiger partial charge in [-0.15, -0.1) is 0 Å². The van der Waals surface area contributed by atoms with Crippen LogP contribution in [0.4, 0.5) is 5.69 Å². The number of nitrogen functional groups attached to an aromatic ring is 1. The number of nitrogens with zero attached hydrogens (tertiary/aromatic N) is 2. The Balaban J connectivity index is 2.46. The number of hydrogen-bond acceptors (Lipinski definition) is 6. The summed E-state index contributed by atoms with van der Waals surface area (Å²) in [6, 6.07) is 0. The van der Waals surface area contributed by atoms with Crippen LogP contribution in [-0.4, -0.2) is 44.5 Å². The summed E-state index contributed by atoms with van der Waals surface area (Å²) in [6.45, 7) is 0.333. The summed E-state index contributed by atoms with van der Waals surface area (Å²) in [7, 11) is -7.38. The second kappa shape index (κ2) is 5.02. The molecule has 17 heavy (non-hydrogen) atoms. The number of nitrogens with one attached hydrogen (secondary N) is 1. The van der Waals surface area contributed by atoms with Crippen LogP contribution in [0.25, 0.3) is 0 Å². The number of sulfonamides is 1. The highest BCUT2D eigenvalue weighted by Crippen LogP contribution is 1.97. The second-order valence-electron chi connectivity index (χ2n) is 3.59. The minimum absolute atomic E-state index is 0.0545. The quantitative estimate of drug-likeness (QED) is 0.646. The molecule has 1 rings (SSSR count). The van der Waals surface area contributed by atoms with Crippen LogP contribution in [0.5, 0.6) is 0 Å². The van der Waals surface area contributed by atoms with Gasteiger partial charge in [-0.05, 0) is 0 Å². The maximum Gasteiger partial charge on any atom is 0.226 e. The largest absolute Gasteiger partial charge is 0.396 e. The predicted molar refractivity (Wildman–Crippen MR) is 63.3 cm³/mol. The molecule has 0 unspecified atom stereocenters. The Morgan fingerprint density at radius 2 is 2.06 bits per heavy atom. The minimum atomic E-state index is -3.81. The fourth-order valence-corrected chi connectivity index (χ4v) is 4.13. The van der Waals surface area contributed by atoms with E-state index in [1.54, 1.807) is 6.20 Å². The van der Waals surface area contributed by atoms with Crippen molar-refractivity contribution in [3.05, 3.63) is 12.4 Å². The smallest absolute Gasteiger partial charge is 0.226 e. The summed E-state index contributed by atoms with van der Waals surface area (Å²) in [5, 5.41) is 2.93. The monoisotopic (exact) mass is 282 g/mol. The van der Waals surface area contributed by atoms with Crippen molar-refractivity contribution in [3.63, 3.8) is 0 Å². The lowest BCUT2D eigenvalue weighted by Gasteiger charge is -2.05. The molecule has 98 valence electrons. The highest BCUT2D eigenvalue weighted by atomic mass is 32.3. The summed E-state index contributed by atoms with van der Waals surface area (Å²) in [4.78, 5) is 0. The lowest BCUT2D eigenvalue weighted by molar-refractivity contribution is 0.562. The van der Waals surface area contributed by atoms with Crippen LogP contribution in [0.3, 0.4) is 0 Å². The highest BCUT2D eigenvalue weighted by molar-refractivity contribution is 8.06. The average Bonchev–Trinajstić information content (AvgIpc) is 2.46. The van der Waals surface area contributed by atoms with Gasteiger partial charge in [0.05, 0.1) is 18.4 Å². The molecule has 0 atom stereocenters. The van der Waals surface area contributed by atoms with Crippen LogP contribution in [0, 0.1) is 0 Å². The number of hydrogen-bond donors (Lipinski definition) is 2. The number of rotatable bonds is 6. The van der Waals surface area contributed by atoms with Crippen LogP contribution >= 0.6 is 0 Å². The van der Waals surface area contributed by atoms with Gasteiger partial charge in [0.1, 0.15) is 0 Å². The molecular weight excluding hydrogens is 268 g/mol. The normalized spacial score (nSPS) is 12.8. The van der Waals surface area contributed by atoms with Crippen LogP contribution in [0.15, 0.2) is 12.4 Å². The van der Waals surface area contributed by atoms with Gasteiger partial charge in [0.15, 0.2) is 14.9 Å². The van der Waals surface area contributed by atoms with E-state index in [2.05, 4.69) is 9.82 Å². The first-order chi connectivity index (χ1) is 7.68. The van der Waals surface area contributed by atoms with E-state index in [1.165, 1.54) is 10.9 Å². The fourth-order valence-electron chi connectivity index (χ4n) is 1.14. The van der Waals surface area contributed by atoms with Gasteiger partial charge in [-0.3, -0.25) is 4.68 Å². The maximum absolute atomic E-state index is 11.3. The van der Waals surface area contributed by atoms with Gasteiger partial charge in [0.2, 0.25) is 10.0 Å². The van der Waals surface area contributed by atoms with Crippen molar-refractivity contribution < 1.29 is 16.8 Å². The lowest BCUT2D eigenvalue weighted by Crippen LogP contribution is -2.32. The summed E-state index contributed by atoms with van der Waals surface area (Å²) in [5.41, 5.74) is 5.89. The van der Waals surface area contributed by atoms with Crippen molar-refractivity contribution in [3.8, 4) is 0 Å². The standard InChI is InChI=1S/C7H14N4O4S2/c1-16(12,13)6-17(14,15)10-2-3-11-5-7(8)4-9-11/h4-5,10H,2-3,6,8H2,1H3. The molecule has 8 nitrogen and oxygen atoms in total. The molecule has 0 saturated heterocycles. The molecule has 1 aromatic heterocycles. The molecule has 0 saturated carbocycles. The van der Waals surface area contributed by atoms with E-state index >= 15 is 0 Å². The van der Waals surface area contributed by atoms with Crippen molar-refractivity contribution in [1.29, 1.82) is 0 Å². The Morgan fingerprint density at radius 1 is 1.41 bits per heavy atom. The molecule has 1 heterocycles. The first-order valence-corrected chi connectivity index (χ1v) is 8.32. The zero-order valence-electron chi connectivity index (χ0n) is 9.20. The van der Waals surface area contributed by atoms with Gasteiger partial charge in [-0.2, -0.15) is 5.10 Å². The molecule has 0 aromatic carbocycles. The molecule has 3 N–H and O–H groups in total. The van der Waals surface area contributed by atoms with E-state index in [-0.39, 0.29) is 13.1 Å². The molecule has 0 fully saturated rings. The summed E-state index contributed by atoms with van der Waals surface area (Å²) in [6.07, 6.45) is 3.84. The van der Waals surface area contributed by atoms with E-state index in [9.17, 15) is 16.8 Å². The highest BCUT2D eigenvalue weighted by Gasteiger charge is 2.17. The predicted octanol–water partition coefficient (Wildman–Crippen LogP) is -1.61. The first-order valence-electron chi connectivity index (χ1n) is 4.61. The van der Waals surface area contributed by atoms with Gasteiger partial charge in [0.25, 0.3) is 0 Å². The van der Waals surface area contributed by atoms with E-state index in [0.29, 0.717) is 5.69 Å². The molecule has 10 heteroatoms. The molecule has 0 aliphatic rings. The van der Waals surface area contributed by atoms with E-state index in [4.69, 9.17) is 5.73 Å². The van der Waals surface area contributed by atoms with Crippen molar-refractivity contribution in [1.82, 2.24) is 14.5 Å². The molecule has 0 spiro atoms. The molecule has 0 amide bonds. The number of aromatic nitrogens is 2. The fraction of sp³-hybridized carbons (Fsp3) is 0.571. The zero-order valence-corrected chi connectivity index (χ0v) is 10.8. The van der Waals surface area contributed by atoms with Crippen molar-refractivity contribution in [2.45, 2.75) is 6.54 Å². The SMILES string of the molecule is CS(=O)(=O)CS(=O)(=O)NCCn1cc(N)cn1. The molecule has 0 aliphatic carbocycles. The van der Waals surface area contributed by atoms with Crippen molar-refractivity contribution in [2.75, 3.05) is 23.6 Å². The molecule has 0 radical (unpaired) electrons. The summed E-state index contributed by atoms with van der Waals surface area (Å²) >= 11 is 0. The van der Waals surface area contributed by atoms with Gasteiger partial charge in [-0.25, -0.2) is 21.6 Å². The van der Waals surface area contributed by atoms with Crippen molar-refractivity contribution in [2.24, 2.45) is 0 Å². The van der Waals surface area contributed by atoms with Gasteiger partial charge in [-0.1, -0.05) is 0 Å². The molecule has 0 bridgehead atoms.